The average Bonchev–Trinajstić information content (AvgIpc) is 2.72. The van der Waals surface area contributed by atoms with Crippen molar-refractivity contribution in [3.63, 3.8) is 0 Å². The van der Waals surface area contributed by atoms with Gasteiger partial charge in [0.25, 0.3) is 0 Å². The lowest BCUT2D eigenvalue weighted by atomic mass is 10.2. The Morgan fingerprint density at radius 2 is 2.11 bits per heavy atom. The van der Waals surface area contributed by atoms with Crippen molar-refractivity contribution < 1.29 is 13.2 Å². The van der Waals surface area contributed by atoms with Gasteiger partial charge in [0.1, 0.15) is 5.01 Å². The number of anilines is 1. The number of thiazole rings is 1. The van der Waals surface area contributed by atoms with Gasteiger partial charge in [0, 0.05) is 21.2 Å². The number of aromatic nitrogens is 1. The van der Waals surface area contributed by atoms with Crippen molar-refractivity contribution in [1.82, 2.24) is 4.98 Å². The van der Waals surface area contributed by atoms with E-state index in [4.69, 9.17) is 0 Å². The Bertz CT molecular complexity index is 581. The van der Waals surface area contributed by atoms with Gasteiger partial charge in [-0.1, -0.05) is 0 Å². The van der Waals surface area contributed by atoms with Crippen molar-refractivity contribution in [2.45, 2.75) is 19.6 Å². The van der Waals surface area contributed by atoms with Crippen LogP contribution in [-0.4, -0.2) is 4.98 Å². The SMILES string of the molecule is Cc1cnc(CNc2ccc(C(F)(F)F)cc2Br)s1. The van der Waals surface area contributed by atoms with Crippen molar-refractivity contribution in [1.29, 1.82) is 0 Å². The number of aryl methyl sites for hydroxylation is 1. The number of nitrogens with zero attached hydrogens (tertiary/aromatic N) is 1. The van der Waals surface area contributed by atoms with Crippen LogP contribution in [-0.2, 0) is 12.7 Å². The minimum absolute atomic E-state index is 0.385. The predicted molar refractivity (Wildman–Crippen MR) is 73.3 cm³/mol. The lowest BCUT2D eigenvalue weighted by molar-refractivity contribution is -0.137. The molecule has 0 saturated carbocycles. The smallest absolute Gasteiger partial charge is 0.378 e. The lowest BCUT2D eigenvalue weighted by Gasteiger charge is -2.11. The molecule has 2 rings (SSSR count). The summed E-state index contributed by atoms with van der Waals surface area (Å²) in [7, 11) is 0. The minimum atomic E-state index is -4.33. The van der Waals surface area contributed by atoms with Crippen LogP contribution < -0.4 is 5.32 Å². The fourth-order valence-electron chi connectivity index (χ4n) is 1.49. The number of rotatable bonds is 3. The second-order valence-electron chi connectivity index (χ2n) is 3.91. The van der Waals surface area contributed by atoms with Crippen LogP contribution in [0.3, 0.4) is 0 Å². The van der Waals surface area contributed by atoms with Gasteiger partial charge in [-0.05, 0) is 41.1 Å². The second kappa shape index (κ2) is 5.50. The first-order chi connectivity index (χ1) is 8.86. The molecule has 2 nitrogen and oxygen atoms in total. The Labute approximate surface area is 120 Å². The summed E-state index contributed by atoms with van der Waals surface area (Å²) in [5, 5.41) is 3.95. The number of halogens is 4. The molecule has 0 spiro atoms. The van der Waals surface area contributed by atoms with E-state index in [1.54, 1.807) is 17.5 Å². The van der Waals surface area contributed by atoms with Crippen LogP contribution in [0.15, 0.2) is 28.9 Å². The van der Waals surface area contributed by atoms with E-state index in [-0.39, 0.29) is 0 Å². The quantitative estimate of drug-likeness (QED) is 0.856. The van der Waals surface area contributed by atoms with Crippen molar-refractivity contribution in [2.75, 3.05) is 5.32 Å². The molecule has 0 aliphatic carbocycles. The molecule has 0 saturated heterocycles. The van der Waals surface area contributed by atoms with Crippen LogP contribution in [0.1, 0.15) is 15.4 Å². The standard InChI is InChI=1S/C12H10BrF3N2S/c1-7-5-18-11(19-7)6-17-10-3-2-8(4-9(10)13)12(14,15)16/h2-5,17H,6H2,1H3. The zero-order valence-electron chi connectivity index (χ0n) is 9.88. The molecule has 0 radical (unpaired) electrons. The maximum Gasteiger partial charge on any atom is 0.416 e. The fourth-order valence-corrected chi connectivity index (χ4v) is 2.73. The van der Waals surface area contributed by atoms with Gasteiger partial charge in [0.05, 0.1) is 12.1 Å². The van der Waals surface area contributed by atoms with E-state index >= 15 is 0 Å². The summed E-state index contributed by atoms with van der Waals surface area (Å²) in [5.41, 5.74) is -0.0594. The van der Waals surface area contributed by atoms with Crippen molar-refractivity contribution in [3.8, 4) is 0 Å². The van der Waals surface area contributed by atoms with Gasteiger partial charge in [-0.3, -0.25) is 0 Å². The predicted octanol–water partition coefficient (Wildman–Crippen LogP) is 4.84. The molecule has 1 aromatic carbocycles. The first-order valence-electron chi connectivity index (χ1n) is 5.38. The number of benzene rings is 1. The van der Waals surface area contributed by atoms with Gasteiger partial charge >= 0.3 is 6.18 Å². The van der Waals surface area contributed by atoms with Gasteiger partial charge < -0.3 is 5.32 Å². The van der Waals surface area contributed by atoms with E-state index in [9.17, 15) is 13.2 Å². The van der Waals surface area contributed by atoms with E-state index < -0.39 is 11.7 Å². The second-order valence-corrected chi connectivity index (χ2v) is 6.08. The highest BCUT2D eigenvalue weighted by Crippen LogP contribution is 2.34. The van der Waals surface area contributed by atoms with E-state index in [1.807, 2.05) is 6.92 Å². The third-order valence-corrected chi connectivity index (χ3v) is 3.96. The largest absolute Gasteiger partial charge is 0.416 e. The van der Waals surface area contributed by atoms with Crippen molar-refractivity contribution in [3.05, 3.63) is 44.3 Å². The highest BCUT2D eigenvalue weighted by Gasteiger charge is 2.30. The number of hydrogen-bond acceptors (Lipinski definition) is 3. The van der Waals surface area contributed by atoms with Gasteiger partial charge in [-0.25, -0.2) is 4.98 Å². The van der Waals surface area contributed by atoms with Gasteiger partial charge in [-0.15, -0.1) is 11.3 Å². The zero-order chi connectivity index (χ0) is 14.0. The van der Waals surface area contributed by atoms with Crippen LogP contribution in [0.5, 0.6) is 0 Å². The van der Waals surface area contributed by atoms with E-state index in [0.29, 0.717) is 16.7 Å². The maximum atomic E-state index is 12.5. The van der Waals surface area contributed by atoms with Crippen molar-refractivity contribution >= 4 is 33.0 Å². The highest BCUT2D eigenvalue weighted by molar-refractivity contribution is 9.10. The molecular weight excluding hydrogens is 341 g/mol. The molecule has 0 fully saturated rings. The summed E-state index contributed by atoms with van der Waals surface area (Å²) in [6, 6.07) is 3.53. The van der Waals surface area contributed by atoms with Crippen LogP contribution >= 0.6 is 27.3 Å². The topological polar surface area (TPSA) is 24.9 Å². The van der Waals surface area contributed by atoms with Crippen LogP contribution in [0.4, 0.5) is 18.9 Å². The van der Waals surface area contributed by atoms with E-state index in [1.165, 1.54) is 6.07 Å². The Balaban J connectivity index is 2.09. The average molecular weight is 351 g/mol. The maximum absolute atomic E-state index is 12.5. The summed E-state index contributed by atoms with van der Waals surface area (Å²) >= 11 is 4.69. The monoisotopic (exact) mass is 350 g/mol. The molecule has 102 valence electrons. The number of alkyl halides is 3. The summed E-state index contributed by atoms with van der Waals surface area (Å²) < 4.78 is 37.9. The highest BCUT2D eigenvalue weighted by atomic mass is 79.9. The molecule has 0 atom stereocenters. The summed E-state index contributed by atoms with van der Waals surface area (Å²) in [6.45, 7) is 2.44. The molecular formula is C12H10BrF3N2S. The molecule has 19 heavy (non-hydrogen) atoms. The van der Waals surface area contributed by atoms with Gasteiger partial charge in [0.2, 0.25) is 0 Å². The molecule has 0 bridgehead atoms. The Morgan fingerprint density at radius 1 is 1.37 bits per heavy atom. The third kappa shape index (κ3) is 3.70. The first-order valence-corrected chi connectivity index (χ1v) is 6.99. The zero-order valence-corrected chi connectivity index (χ0v) is 12.3. The summed E-state index contributed by atoms with van der Waals surface area (Å²) in [5.74, 6) is 0. The number of nitrogens with one attached hydrogen (secondary N) is 1. The lowest BCUT2D eigenvalue weighted by Crippen LogP contribution is -2.06. The molecule has 0 amide bonds. The molecule has 7 heteroatoms. The fraction of sp³-hybridized carbons (Fsp3) is 0.250. The summed E-state index contributed by atoms with van der Waals surface area (Å²) in [4.78, 5) is 5.28. The van der Waals surface area contributed by atoms with Gasteiger partial charge in [0.15, 0.2) is 0 Å². The molecule has 0 aliphatic rings. The molecule has 1 aromatic heterocycles. The van der Waals surface area contributed by atoms with Crippen molar-refractivity contribution in [2.24, 2.45) is 0 Å². The Kier molecular flexibility index (Phi) is 4.15. The van der Waals surface area contributed by atoms with Crippen LogP contribution in [0.2, 0.25) is 0 Å². The van der Waals surface area contributed by atoms with E-state index in [0.717, 1.165) is 22.0 Å². The first kappa shape index (κ1) is 14.3. The molecule has 0 unspecified atom stereocenters. The molecule has 1 N–H and O–H groups in total. The molecule has 2 aromatic rings. The summed E-state index contributed by atoms with van der Waals surface area (Å²) in [6.07, 6.45) is -2.56. The Hall–Kier alpha value is -1.08. The number of hydrogen-bond donors (Lipinski definition) is 1. The normalized spacial score (nSPS) is 11.6. The Morgan fingerprint density at radius 3 is 2.63 bits per heavy atom. The van der Waals surface area contributed by atoms with Gasteiger partial charge in [-0.2, -0.15) is 13.2 Å². The molecule has 0 aliphatic heterocycles. The van der Waals surface area contributed by atoms with Crippen LogP contribution in [0.25, 0.3) is 0 Å². The van der Waals surface area contributed by atoms with Crippen LogP contribution in [0, 0.1) is 6.92 Å². The third-order valence-electron chi connectivity index (χ3n) is 2.40. The molecule has 1 heterocycles. The van der Waals surface area contributed by atoms with E-state index in [2.05, 4.69) is 26.2 Å². The minimum Gasteiger partial charge on any atom is -0.378 e.